The molecular formula is C15H20N4O. The Balaban J connectivity index is 1.60. The molecule has 5 nitrogen and oxygen atoms in total. The minimum atomic E-state index is 0.179. The molecule has 3 heterocycles. The number of nitrogens with one attached hydrogen (secondary N) is 1. The summed E-state index contributed by atoms with van der Waals surface area (Å²) in [6.07, 6.45) is 2.72. The number of aromatic nitrogens is 1. The lowest BCUT2D eigenvalue weighted by Crippen LogP contribution is -2.48. The van der Waals surface area contributed by atoms with E-state index in [4.69, 9.17) is 10.00 Å². The number of nitrogens with zero attached hydrogens (tertiary/aromatic N) is 3. The lowest BCUT2D eigenvalue weighted by molar-refractivity contribution is -0.0416. The molecule has 2 aliphatic rings. The molecule has 3 rings (SSSR count). The van der Waals surface area contributed by atoms with Crippen molar-refractivity contribution < 1.29 is 4.74 Å². The third-order valence-corrected chi connectivity index (χ3v) is 4.11. The summed E-state index contributed by atoms with van der Waals surface area (Å²) in [5.74, 6) is 0.666. The van der Waals surface area contributed by atoms with Crippen LogP contribution < -0.4 is 5.32 Å². The van der Waals surface area contributed by atoms with Crippen LogP contribution in [0.3, 0.4) is 0 Å². The molecule has 2 unspecified atom stereocenters. The first kappa shape index (κ1) is 13.3. The summed E-state index contributed by atoms with van der Waals surface area (Å²) in [7, 11) is 0. The predicted octanol–water partition coefficient (Wildman–Crippen LogP) is 1.54. The normalized spacial score (nSPS) is 26.0. The Morgan fingerprint density at radius 1 is 1.55 bits per heavy atom. The quantitative estimate of drug-likeness (QED) is 0.904. The van der Waals surface area contributed by atoms with Crippen LogP contribution in [0.2, 0.25) is 0 Å². The number of ether oxygens (including phenoxy) is 1. The second-order valence-corrected chi connectivity index (χ2v) is 5.59. The van der Waals surface area contributed by atoms with Crippen LogP contribution in [0.5, 0.6) is 0 Å². The third kappa shape index (κ3) is 2.77. The Kier molecular flexibility index (Phi) is 3.86. The average molecular weight is 272 g/mol. The van der Waals surface area contributed by atoms with Crippen LogP contribution in [-0.4, -0.2) is 48.3 Å². The lowest BCUT2D eigenvalue weighted by atomic mass is 10.2. The first-order valence-electron chi connectivity index (χ1n) is 7.23. The number of rotatable bonds is 3. The van der Waals surface area contributed by atoms with Crippen LogP contribution >= 0.6 is 0 Å². The maximum atomic E-state index is 9.10. The summed E-state index contributed by atoms with van der Waals surface area (Å²) in [6.45, 7) is 5.63. The van der Waals surface area contributed by atoms with Crippen LogP contribution in [0, 0.1) is 18.3 Å². The monoisotopic (exact) mass is 272 g/mol. The van der Waals surface area contributed by atoms with Crippen molar-refractivity contribution in [2.45, 2.75) is 31.9 Å². The van der Waals surface area contributed by atoms with Gasteiger partial charge in [-0.3, -0.25) is 4.90 Å². The van der Waals surface area contributed by atoms with E-state index in [-0.39, 0.29) is 6.10 Å². The van der Waals surface area contributed by atoms with Crippen LogP contribution in [0.25, 0.3) is 0 Å². The molecule has 20 heavy (non-hydrogen) atoms. The van der Waals surface area contributed by atoms with E-state index >= 15 is 0 Å². The largest absolute Gasteiger partial charge is 0.373 e. The van der Waals surface area contributed by atoms with Crippen molar-refractivity contribution in [1.82, 2.24) is 9.88 Å². The highest BCUT2D eigenvalue weighted by Gasteiger charge is 2.32. The molecule has 2 fully saturated rings. The minimum absolute atomic E-state index is 0.179. The molecule has 0 bridgehead atoms. The Hall–Kier alpha value is -1.64. The van der Waals surface area contributed by atoms with Gasteiger partial charge in [0.05, 0.1) is 18.3 Å². The first-order valence-corrected chi connectivity index (χ1v) is 7.23. The molecule has 0 spiro atoms. The van der Waals surface area contributed by atoms with E-state index in [1.165, 1.54) is 19.4 Å². The van der Waals surface area contributed by atoms with Crippen LogP contribution in [0.1, 0.15) is 24.1 Å². The number of nitriles is 1. The molecule has 2 atom stereocenters. The molecular weight excluding hydrogens is 252 g/mol. The molecule has 1 N–H and O–H groups in total. The summed E-state index contributed by atoms with van der Waals surface area (Å²) >= 11 is 0. The highest BCUT2D eigenvalue weighted by molar-refractivity contribution is 5.52. The van der Waals surface area contributed by atoms with Gasteiger partial charge in [-0.2, -0.15) is 5.26 Å². The van der Waals surface area contributed by atoms with E-state index < -0.39 is 0 Å². The maximum absolute atomic E-state index is 9.10. The van der Waals surface area contributed by atoms with Gasteiger partial charge in [0.1, 0.15) is 11.9 Å². The molecule has 0 aromatic carbocycles. The fourth-order valence-corrected chi connectivity index (χ4v) is 3.00. The molecule has 0 amide bonds. The fourth-order valence-electron chi connectivity index (χ4n) is 3.00. The van der Waals surface area contributed by atoms with Gasteiger partial charge in [0, 0.05) is 24.8 Å². The van der Waals surface area contributed by atoms with Crippen molar-refractivity contribution in [3.63, 3.8) is 0 Å². The van der Waals surface area contributed by atoms with Crippen molar-refractivity contribution >= 4 is 5.82 Å². The summed E-state index contributed by atoms with van der Waals surface area (Å²) < 4.78 is 5.90. The number of pyridine rings is 1. The number of hydrogen-bond donors (Lipinski definition) is 1. The Bertz CT molecular complexity index is 525. The molecule has 5 heteroatoms. The van der Waals surface area contributed by atoms with Gasteiger partial charge in [-0.15, -0.1) is 0 Å². The fraction of sp³-hybridized carbons (Fsp3) is 0.600. The number of fused-ring (bicyclic) bond motifs is 1. The van der Waals surface area contributed by atoms with Crippen LogP contribution in [0.4, 0.5) is 5.82 Å². The van der Waals surface area contributed by atoms with Crippen molar-refractivity contribution in [2.75, 3.05) is 31.6 Å². The second-order valence-electron chi connectivity index (χ2n) is 5.59. The molecule has 2 saturated heterocycles. The van der Waals surface area contributed by atoms with Gasteiger partial charge in [-0.1, -0.05) is 0 Å². The van der Waals surface area contributed by atoms with E-state index in [0.717, 1.165) is 18.8 Å². The van der Waals surface area contributed by atoms with Gasteiger partial charge in [-0.05, 0) is 38.4 Å². The Morgan fingerprint density at radius 3 is 3.30 bits per heavy atom. The van der Waals surface area contributed by atoms with Gasteiger partial charge in [0.2, 0.25) is 0 Å². The average Bonchev–Trinajstić information content (AvgIpc) is 2.92. The van der Waals surface area contributed by atoms with E-state index in [2.05, 4.69) is 21.3 Å². The topological polar surface area (TPSA) is 61.2 Å². The Labute approximate surface area is 119 Å². The Morgan fingerprint density at radius 2 is 2.45 bits per heavy atom. The van der Waals surface area contributed by atoms with Gasteiger partial charge in [-0.25, -0.2) is 4.98 Å². The van der Waals surface area contributed by atoms with Crippen molar-refractivity contribution in [3.05, 3.63) is 23.4 Å². The molecule has 0 saturated carbocycles. The van der Waals surface area contributed by atoms with E-state index in [9.17, 15) is 0 Å². The highest BCUT2D eigenvalue weighted by Crippen LogP contribution is 2.23. The van der Waals surface area contributed by atoms with Gasteiger partial charge in [0.15, 0.2) is 0 Å². The summed E-state index contributed by atoms with van der Waals surface area (Å²) in [5, 5.41) is 12.4. The molecule has 0 radical (unpaired) electrons. The van der Waals surface area contributed by atoms with E-state index in [1.54, 1.807) is 0 Å². The highest BCUT2D eigenvalue weighted by atomic mass is 16.5. The summed E-state index contributed by atoms with van der Waals surface area (Å²) in [4.78, 5) is 6.91. The van der Waals surface area contributed by atoms with E-state index in [1.807, 2.05) is 19.1 Å². The standard InChI is InChI=1S/C15H20N4O/c1-11-4-5-12(7-16)15(18-11)17-8-14-9-19-6-2-3-13(19)10-20-14/h4-5,13-14H,2-3,6,8-10H2,1H3,(H,17,18). The number of morpholine rings is 1. The molecule has 2 aliphatic heterocycles. The maximum Gasteiger partial charge on any atom is 0.144 e. The predicted molar refractivity (Wildman–Crippen MR) is 76.5 cm³/mol. The number of anilines is 1. The summed E-state index contributed by atoms with van der Waals surface area (Å²) in [6, 6.07) is 6.46. The van der Waals surface area contributed by atoms with Crippen molar-refractivity contribution in [1.29, 1.82) is 5.26 Å². The zero-order valence-electron chi connectivity index (χ0n) is 11.8. The van der Waals surface area contributed by atoms with Crippen LogP contribution in [0.15, 0.2) is 12.1 Å². The third-order valence-electron chi connectivity index (χ3n) is 4.11. The van der Waals surface area contributed by atoms with E-state index in [0.29, 0.717) is 24.0 Å². The smallest absolute Gasteiger partial charge is 0.144 e. The number of aryl methyl sites for hydroxylation is 1. The van der Waals surface area contributed by atoms with Gasteiger partial charge < -0.3 is 10.1 Å². The molecule has 1 aromatic heterocycles. The summed E-state index contributed by atoms with van der Waals surface area (Å²) in [5.41, 5.74) is 1.50. The number of hydrogen-bond acceptors (Lipinski definition) is 5. The SMILES string of the molecule is Cc1ccc(C#N)c(NCC2CN3CCCC3CO2)n1. The van der Waals surface area contributed by atoms with Gasteiger partial charge >= 0.3 is 0 Å². The first-order chi connectivity index (χ1) is 9.76. The second kappa shape index (κ2) is 5.78. The minimum Gasteiger partial charge on any atom is -0.373 e. The van der Waals surface area contributed by atoms with Gasteiger partial charge in [0.25, 0.3) is 0 Å². The lowest BCUT2D eigenvalue weighted by Gasteiger charge is -2.35. The van der Waals surface area contributed by atoms with Crippen LogP contribution in [-0.2, 0) is 4.74 Å². The zero-order chi connectivity index (χ0) is 13.9. The molecule has 0 aliphatic carbocycles. The van der Waals surface area contributed by atoms with Crippen molar-refractivity contribution in [2.24, 2.45) is 0 Å². The molecule has 1 aromatic rings. The molecule has 106 valence electrons. The van der Waals surface area contributed by atoms with Crippen molar-refractivity contribution in [3.8, 4) is 6.07 Å². The zero-order valence-corrected chi connectivity index (χ0v) is 11.8.